The molecule has 0 atom stereocenters. The maximum absolute atomic E-state index is 12.5. The van der Waals surface area contributed by atoms with Gasteiger partial charge in [0.15, 0.2) is 0 Å². The van der Waals surface area contributed by atoms with Crippen LogP contribution >= 0.6 is 28.3 Å². The van der Waals surface area contributed by atoms with Gasteiger partial charge < -0.3 is 14.6 Å². The van der Waals surface area contributed by atoms with Gasteiger partial charge in [-0.3, -0.25) is 4.79 Å². The molecule has 0 radical (unpaired) electrons. The lowest BCUT2D eigenvalue weighted by atomic mass is 9.98. The van der Waals surface area contributed by atoms with E-state index < -0.39 is 0 Å². The number of ether oxygens (including phenoxy) is 1. The Kier molecular flexibility index (Phi) is 7.34. The summed E-state index contributed by atoms with van der Waals surface area (Å²) in [5, 5.41) is 3.35. The van der Waals surface area contributed by atoms with E-state index in [0.717, 1.165) is 38.0 Å². The highest BCUT2D eigenvalue weighted by Gasteiger charge is 2.16. The summed E-state index contributed by atoms with van der Waals surface area (Å²) in [6.45, 7) is 3.31. The smallest absolute Gasteiger partial charge is 0.268 e. The van der Waals surface area contributed by atoms with Crippen molar-refractivity contribution < 1.29 is 4.74 Å². The molecule has 1 saturated heterocycles. The molecule has 6 heteroatoms. The largest absolute Gasteiger partial charge is 0.487 e. The van der Waals surface area contributed by atoms with Gasteiger partial charge in [0.05, 0.1) is 0 Å². The van der Waals surface area contributed by atoms with Crippen molar-refractivity contribution in [3.63, 3.8) is 0 Å². The second-order valence-electron chi connectivity index (χ2n) is 5.92. The zero-order valence-corrected chi connectivity index (χ0v) is 15.8. The number of benzene rings is 1. The van der Waals surface area contributed by atoms with Crippen molar-refractivity contribution in [2.24, 2.45) is 5.92 Å². The van der Waals surface area contributed by atoms with E-state index in [9.17, 15) is 4.79 Å². The van der Waals surface area contributed by atoms with Crippen molar-refractivity contribution >= 4 is 28.3 Å². The maximum Gasteiger partial charge on any atom is 0.268 e. The Hall–Kier alpha value is -1.30. The number of rotatable bonds is 5. The van der Waals surface area contributed by atoms with Crippen LogP contribution < -0.4 is 15.6 Å². The molecular weight excluding hydrogens is 392 g/mol. The molecule has 0 spiro atoms. The van der Waals surface area contributed by atoms with Gasteiger partial charge in [-0.15, -0.1) is 12.4 Å². The van der Waals surface area contributed by atoms with E-state index in [1.54, 1.807) is 4.57 Å². The Labute approximate surface area is 156 Å². The molecule has 0 amide bonds. The summed E-state index contributed by atoms with van der Waals surface area (Å²) in [7, 11) is 0. The number of nitrogens with zero attached hydrogens (tertiary/aromatic N) is 1. The van der Waals surface area contributed by atoms with Gasteiger partial charge in [0, 0.05) is 12.7 Å². The topological polar surface area (TPSA) is 43.3 Å². The normalized spacial score (nSPS) is 14.9. The van der Waals surface area contributed by atoms with Crippen molar-refractivity contribution in [3.05, 3.63) is 63.0 Å². The number of piperidine rings is 1. The van der Waals surface area contributed by atoms with E-state index in [1.807, 2.05) is 42.6 Å². The average molecular weight is 414 g/mol. The van der Waals surface area contributed by atoms with Gasteiger partial charge >= 0.3 is 0 Å². The molecule has 4 nitrogen and oxygen atoms in total. The molecule has 130 valence electrons. The summed E-state index contributed by atoms with van der Waals surface area (Å²) in [6.07, 6.45) is 4.09. The Balaban J connectivity index is 0.00000208. The van der Waals surface area contributed by atoms with Crippen LogP contribution in [0.3, 0.4) is 0 Å². The fourth-order valence-electron chi connectivity index (χ4n) is 2.86. The average Bonchev–Trinajstić information content (AvgIpc) is 2.60. The van der Waals surface area contributed by atoms with Crippen LogP contribution in [-0.4, -0.2) is 17.7 Å². The van der Waals surface area contributed by atoms with Crippen LogP contribution in [-0.2, 0) is 13.2 Å². The van der Waals surface area contributed by atoms with Gasteiger partial charge in [-0.1, -0.05) is 30.3 Å². The third-order valence-electron chi connectivity index (χ3n) is 4.22. The van der Waals surface area contributed by atoms with Crippen LogP contribution in [0, 0.1) is 5.92 Å². The lowest BCUT2D eigenvalue weighted by Crippen LogP contribution is -2.32. The second kappa shape index (κ2) is 9.25. The van der Waals surface area contributed by atoms with Gasteiger partial charge in [0.1, 0.15) is 16.8 Å². The molecule has 1 aromatic heterocycles. The maximum atomic E-state index is 12.5. The van der Waals surface area contributed by atoms with E-state index in [4.69, 9.17) is 4.74 Å². The summed E-state index contributed by atoms with van der Waals surface area (Å²) in [4.78, 5) is 12.5. The minimum absolute atomic E-state index is 0. The highest BCUT2D eigenvalue weighted by molar-refractivity contribution is 9.10. The predicted octanol–water partition coefficient (Wildman–Crippen LogP) is 3.61. The number of aromatic nitrogens is 1. The molecule has 0 bridgehead atoms. The summed E-state index contributed by atoms with van der Waals surface area (Å²) in [6, 6.07) is 11.8. The van der Waals surface area contributed by atoms with Crippen molar-refractivity contribution in [3.8, 4) is 5.75 Å². The molecule has 1 aromatic carbocycles. The third kappa shape index (κ3) is 4.85. The first-order valence-electron chi connectivity index (χ1n) is 8.00. The van der Waals surface area contributed by atoms with Gasteiger partial charge in [-0.25, -0.2) is 0 Å². The SMILES string of the molecule is Cl.O=c1c(Br)c(OCc2ccccc2)ccn1CC1CCNCC1. The van der Waals surface area contributed by atoms with E-state index in [-0.39, 0.29) is 18.0 Å². The van der Waals surface area contributed by atoms with E-state index in [0.29, 0.717) is 22.7 Å². The van der Waals surface area contributed by atoms with Gasteiger partial charge in [-0.2, -0.15) is 0 Å². The van der Waals surface area contributed by atoms with Crippen LogP contribution in [0.4, 0.5) is 0 Å². The van der Waals surface area contributed by atoms with Crippen LogP contribution in [0.1, 0.15) is 18.4 Å². The Bertz CT molecular complexity index is 700. The zero-order chi connectivity index (χ0) is 16.1. The number of halogens is 2. The van der Waals surface area contributed by atoms with Crippen LogP contribution in [0.5, 0.6) is 5.75 Å². The standard InChI is InChI=1S/C18H21BrN2O2.ClH/c19-17-16(23-13-15-4-2-1-3-5-15)8-11-21(18(17)22)12-14-6-9-20-10-7-14;/h1-5,8,11,14,20H,6-7,9-10,12-13H2;1H. The van der Waals surface area contributed by atoms with E-state index in [2.05, 4.69) is 21.2 Å². The molecule has 1 aliphatic rings. The van der Waals surface area contributed by atoms with Crippen molar-refractivity contribution in [2.45, 2.75) is 26.0 Å². The van der Waals surface area contributed by atoms with Gasteiger partial charge in [0.2, 0.25) is 0 Å². The zero-order valence-electron chi connectivity index (χ0n) is 13.4. The minimum atomic E-state index is -0.0194. The molecule has 2 aromatic rings. The highest BCUT2D eigenvalue weighted by atomic mass is 79.9. The van der Waals surface area contributed by atoms with Crippen LogP contribution in [0.25, 0.3) is 0 Å². The lowest BCUT2D eigenvalue weighted by Gasteiger charge is -2.23. The molecule has 1 fully saturated rings. The number of nitrogens with one attached hydrogen (secondary N) is 1. The minimum Gasteiger partial charge on any atom is -0.487 e. The quantitative estimate of drug-likeness (QED) is 0.814. The predicted molar refractivity (Wildman–Crippen MR) is 102 cm³/mol. The molecule has 0 saturated carbocycles. The summed E-state index contributed by atoms with van der Waals surface area (Å²) in [5.41, 5.74) is 1.06. The van der Waals surface area contributed by atoms with E-state index in [1.165, 1.54) is 0 Å². The second-order valence-corrected chi connectivity index (χ2v) is 6.71. The van der Waals surface area contributed by atoms with Crippen LogP contribution in [0.15, 0.2) is 51.9 Å². The molecule has 1 aliphatic heterocycles. The molecule has 3 rings (SSSR count). The van der Waals surface area contributed by atoms with Crippen molar-refractivity contribution in [1.29, 1.82) is 0 Å². The fourth-order valence-corrected chi connectivity index (χ4v) is 3.34. The lowest BCUT2D eigenvalue weighted by molar-refractivity contribution is 0.299. The van der Waals surface area contributed by atoms with Crippen LogP contribution in [0.2, 0.25) is 0 Å². The van der Waals surface area contributed by atoms with E-state index >= 15 is 0 Å². The first kappa shape index (κ1) is 19.0. The third-order valence-corrected chi connectivity index (χ3v) is 4.95. The van der Waals surface area contributed by atoms with Crippen molar-refractivity contribution in [2.75, 3.05) is 13.1 Å². The van der Waals surface area contributed by atoms with Gasteiger partial charge in [0.25, 0.3) is 5.56 Å². The summed E-state index contributed by atoms with van der Waals surface area (Å²) < 4.78 is 8.07. The highest BCUT2D eigenvalue weighted by Crippen LogP contribution is 2.22. The monoisotopic (exact) mass is 412 g/mol. The van der Waals surface area contributed by atoms with Crippen molar-refractivity contribution in [1.82, 2.24) is 9.88 Å². The number of hydrogen-bond donors (Lipinski definition) is 1. The molecule has 1 N–H and O–H groups in total. The number of hydrogen-bond acceptors (Lipinski definition) is 3. The molecule has 0 unspecified atom stereocenters. The Morgan fingerprint density at radius 3 is 2.58 bits per heavy atom. The molecule has 24 heavy (non-hydrogen) atoms. The molecule has 2 heterocycles. The Morgan fingerprint density at radius 2 is 1.88 bits per heavy atom. The Morgan fingerprint density at radius 1 is 1.17 bits per heavy atom. The molecule has 0 aliphatic carbocycles. The summed E-state index contributed by atoms with van der Waals surface area (Å²) in [5.74, 6) is 1.16. The molecular formula is C18H22BrClN2O2. The first-order chi connectivity index (χ1) is 11.2. The fraction of sp³-hybridized carbons (Fsp3) is 0.389. The van der Waals surface area contributed by atoms with Gasteiger partial charge in [-0.05, 0) is 59.4 Å². The number of pyridine rings is 1. The summed E-state index contributed by atoms with van der Waals surface area (Å²) >= 11 is 3.40. The first-order valence-corrected chi connectivity index (χ1v) is 8.80.